The molecule has 0 aromatic heterocycles. The van der Waals surface area contributed by atoms with Gasteiger partial charge in [0.15, 0.2) is 6.04 Å². The molecule has 2 rings (SSSR count). The quantitative estimate of drug-likeness (QED) is 0.623. The number of carbonyl (C=O) groups excluding carboxylic acids is 2. The van der Waals surface area contributed by atoms with Gasteiger partial charge >= 0.3 is 5.97 Å². The average molecular weight is 309 g/mol. The van der Waals surface area contributed by atoms with E-state index in [9.17, 15) is 9.59 Å². The van der Waals surface area contributed by atoms with Crippen molar-refractivity contribution in [2.24, 2.45) is 0 Å². The Morgan fingerprint density at radius 1 is 1.38 bits per heavy atom. The fourth-order valence-electron chi connectivity index (χ4n) is 2.10. The van der Waals surface area contributed by atoms with Crippen LogP contribution in [-0.2, 0) is 19.1 Å². The number of amides is 1. The van der Waals surface area contributed by atoms with E-state index in [1.54, 1.807) is 4.90 Å². The van der Waals surface area contributed by atoms with E-state index in [0.29, 0.717) is 18.9 Å². The third kappa shape index (κ3) is 4.22. The molecule has 0 radical (unpaired) electrons. The van der Waals surface area contributed by atoms with Gasteiger partial charge in [-0.1, -0.05) is 17.7 Å². The maximum atomic E-state index is 12.3. The maximum absolute atomic E-state index is 12.3. The van der Waals surface area contributed by atoms with Crippen molar-refractivity contribution in [2.45, 2.75) is 17.9 Å². The first-order chi connectivity index (χ1) is 10.1. The van der Waals surface area contributed by atoms with Gasteiger partial charge in [0, 0.05) is 11.4 Å². The number of esters is 1. The highest BCUT2D eigenvalue weighted by Crippen LogP contribution is 2.20. The van der Waals surface area contributed by atoms with Crippen LogP contribution < -0.4 is 0 Å². The fraction of sp³-hybridized carbons (Fsp3) is 0.467. The average Bonchev–Trinajstić information content (AvgIpc) is 2.53. The number of methoxy groups -OCH3 is 1. The molecule has 0 spiro atoms. The van der Waals surface area contributed by atoms with Crippen molar-refractivity contribution >= 4 is 23.6 Å². The molecular weight excluding hydrogens is 290 g/mol. The molecule has 1 heterocycles. The van der Waals surface area contributed by atoms with Gasteiger partial charge in [-0.05, 0) is 19.1 Å². The fourth-order valence-corrected chi connectivity index (χ4v) is 2.88. The minimum Gasteiger partial charge on any atom is -0.467 e. The standard InChI is InChI=1S/C15H19NO4S/c1-11-3-5-12(6-4-11)21-10-14(17)16-7-8-20-9-13(16)15(18)19-2/h3-6,13H,7-10H2,1-2H3. The summed E-state index contributed by atoms with van der Waals surface area (Å²) in [5.41, 5.74) is 1.18. The second-order valence-electron chi connectivity index (χ2n) is 4.80. The van der Waals surface area contributed by atoms with Gasteiger partial charge in [-0.2, -0.15) is 0 Å². The monoisotopic (exact) mass is 309 g/mol. The van der Waals surface area contributed by atoms with Crippen LogP contribution in [0.25, 0.3) is 0 Å². The molecule has 1 unspecified atom stereocenters. The molecule has 5 nitrogen and oxygen atoms in total. The molecule has 1 aromatic carbocycles. The Kier molecular flexibility index (Phi) is 5.64. The van der Waals surface area contributed by atoms with Crippen molar-refractivity contribution < 1.29 is 19.1 Å². The lowest BCUT2D eigenvalue weighted by Gasteiger charge is -2.33. The number of benzene rings is 1. The Hall–Kier alpha value is -1.53. The first-order valence-corrected chi connectivity index (χ1v) is 7.75. The van der Waals surface area contributed by atoms with Gasteiger partial charge in [0.25, 0.3) is 0 Å². The highest BCUT2D eigenvalue weighted by Gasteiger charge is 2.33. The summed E-state index contributed by atoms with van der Waals surface area (Å²) in [6.45, 7) is 3.10. The molecule has 0 saturated carbocycles. The predicted molar refractivity (Wildman–Crippen MR) is 80.2 cm³/mol. The molecule has 1 atom stereocenters. The Balaban J connectivity index is 1.94. The molecule has 1 saturated heterocycles. The second-order valence-corrected chi connectivity index (χ2v) is 5.85. The van der Waals surface area contributed by atoms with E-state index in [1.807, 2.05) is 31.2 Å². The molecule has 0 aliphatic carbocycles. The van der Waals surface area contributed by atoms with E-state index in [4.69, 9.17) is 9.47 Å². The van der Waals surface area contributed by atoms with Crippen molar-refractivity contribution in [1.82, 2.24) is 4.90 Å². The Bertz CT molecular complexity index is 503. The second kappa shape index (κ2) is 7.47. The van der Waals surface area contributed by atoms with E-state index in [-0.39, 0.29) is 12.5 Å². The first kappa shape index (κ1) is 15.9. The van der Waals surface area contributed by atoms with E-state index in [0.717, 1.165) is 4.90 Å². The molecule has 6 heteroatoms. The van der Waals surface area contributed by atoms with E-state index in [2.05, 4.69) is 0 Å². The molecule has 114 valence electrons. The first-order valence-electron chi connectivity index (χ1n) is 6.76. The summed E-state index contributed by atoms with van der Waals surface area (Å²) in [5, 5.41) is 0. The van der Waals surface area contributed by atoms with Crippen LogP contribution in [-0.4, -0.2) is 55.4 Å². The lowest BCUT2D eigenvalue weighted by atomic mass is 10.2. The molecule has 0 N–H and O–H groups in total. The van der Waals surface area contributed by atoms with E-state index >= 15 is 0 Å². The van der Waals surface area contributed by atoms with Crippen LogP contribution in [0, 0.1) is 6.92 Å². The number of carbonyl (C=O) groups is 2. The zero-order chi connectivity index (χ0) is 15.2. The molecule has 1 aliphatic rings. The van der Waals surface area contributed by atoms with Gasteiger partial charge in [-0.15, -0.1) is 11.8 Å². The summed E-state index contributed by atoms with van der Waals surface area (Å²) in [6, 6.07) is 7.38. The van der Waals surface area contributed by atoms with Crippen molar-refractivity contribution in [1.29, 1.82) is 0 Å². The van der Waals surface area contributed by atoms with Gasteiger partial charge in [0.2, 0.25) is 5.91 Å². The predicted octanol–water partition coefficient (Wildman–Crippen LogP) is 1.49. The number of thioether (sulfide) groups is 1. The van der Waals surface area contributed by atoms with E-state index < -0.39 is 12.0 Å². The van der Waals surface area contributed by atoms with Crippen molar-refractivity contribution in [3.63, 3.8) is 0 Å². The van der Waals surface area contributed by atoms with Gasteiger partial charge in [0.1, 0.15) is 0 Å². The van der Waals surface area contributed by atoms with Crippen LogP contribution in [0.2, 0.25) is 0 Å². The van der Waals surface area contributed by atoms with Crippen LogP contribution in [0.3, 0.4) is 0 Å². The van der Waals surface area contributed by atoms with Crippen LogP contribution in [0.5, 0.6) is 0 Å². The van der Waals surface area contributed by atoms with Crippen LogP contribution in [0.4, 0.5) is 0 Å². The van der Waals surface area contributed by atoms with Gasteiger partial charge in [0.05, 0.1) is 26.1 Å². The summed E-state index contributed by atoms with van der Waals surface area (Å²) < 4.78 is 9.99. The SMILES string of the molecule is COC(=O)C1COCCN1C(=O)CSc1ccc(C)cc1. The molecule has 1 aromatic rings. The lowest BCUT2D eigenvalue weighted by Crippen LogP contribution is -2.53. The lowest BCUT2D eigenvalue weighted by molar-refractivity contribution is -0.159. The minimum atomic E-state index is -0.630. The number of rotatable bonds is 4. The summed E-state index contributed by atoms with van der Waals surface area (Å²) >= 11 is 1.47. The van der Waals surface area contributed by atoms with Gasteiger partial charge < -0.3 is 14.4 Å². The van der Waals surface area contributed by atoms with Crippen LogP contribution in [0.1, 0.15) is 5.56 Å². The minimum absolute atomic E-state index is 0.0701. The smallest absolute Gasteiger partial charge is 0.331 e. The normalized spacial score (nSPS) is 18.4. The van der Waals surface area contributed by atoms with Crippen LogP contribution in [0.15, 0.2) is 29.2 Å². The zero-order valence-electron chi connectivity index (χ0n) is 12.2. The highest BCUT2D eigenvalue weighted by molar-refractivity contribution is 8.00. The number of nitrogens with zero attached hydrogens (tertiary/aromatic N) is 1. The van der Waals surface area contributed by atoms with Crippen molar-refractivity contribution in [2.75, 3.05) is 32.6 Å². The highest BCUT2D eigenvalue weighted by atomic mass is 32.2. The number of ether oxygens (including phenoxy) is 2. The third-order valence-electron chi connectivity index (χ3n) is 3.31. The van der Waals surface area contributed by atoms with Gasteiger partial charge in [-0.25, -0.2) is 4.79 Å². The Morgan fingerprint density at radius 3 is 2.76 bits per heavy atom. The van der Waals surface area contributed by atoms with E-state index in [1.165, 1.54) is 24.4 Å². The Labute approximate surface area is 128 Å². The van der Waals surface area contributed by atoms with Crippen molar-refractivity contribution in [3.05, 3.63) is 29.8 Å². The number of hydrogen-bond donors (Lipinski definition) is 0. The maximum Gasteiger partial charge on any atom is 0.331 e. The summed E-state index contributed by atoms with van der Waals surface area (Å²) in [7, 11) is 1.32. The van der Waals surface area contributed by atoms with Crippen LogP contribution >= 0.6 is 11.8 Å². The van der Waals surface area contributed by atoms with Crippen molar-refractivity contribution in [3.8, 4) is 0 Å². The topological polar surface area (TPSA) is 55.8 Å². The van der Waals surface area contributed by atoms with Gasteiger partial charge in [-0.3, -0.25) is 4.79 Å². The molecule has 1 fully saturated rings. The molecule has 1 aliphatic heterocycles. The summed E-state index contributed by atoms with van der Waals surface area (Å²) in [4.78, 5) is 26.6. The molecule has 1 amide bonds. The number of morpholine rings is 1. The molecule has 0 bridgehead atoms. The molecule has 21 heavy (non-hydrogen) atoms. The Morgan fingerprint density at radius 2 is 2.10 bits per heavy atom. The largest absolute Gasteiger partial charge is 0.467 e. The summed E-state index contributed by atoms with van der Waals surface area (Å²) in [6.07, 6.45) is 0. The molecular formula is C15H19NO4S. The zero-order valence-corrected chi connectivity index (χ0v) is 13.0. The number of hydrogen-bond acceptors (Lipinski definition) is 5. The summed E-state index contributed by atoms with van der Waals surface area (Å²) in [5.74, 6) is -0.195. The number of aryl methyl sites for hydroxylation is 1. The third-order valence-corrected chi connectivity index (χ3v) is 4.30.